The van der Waals surface area contributed by atoms with Crippen LogP contribution in [-0.4, -0.2) is 23.0 Å². The second-order valence-corrected chi connectivity index (χ2v) is 4.92. The van der Waals surface area contributed by atoms with Crippen LogP contribution in [0.2, 0.25) is 0 Å². The van der Waals surface area contributed by atoms with Gasteiger partial charge in [-0.2, -0.15) is 0 Å². The van der Waals surface area contributed by atoms with Crippen LogP contribution in [0.3, 0.4) is 0 Å². The van der Waals surface area contributed by atoms with Gasteiger partial charge in [-0.05, 0) is 48.6 Å². The molecule has 0 spiro atoms. The molecule has 0 saturated carbocycles. The third-order valence-corrected chi connectivity index (χ3v) is 3.21. The van der Waals surface area contributed by atoms with Crippen LogP contribution in [0.1, 0.15) is 45.0 Å². The van der Waals surface area contributed by atoms with E-state index in [4.69, 9.17) is 4.42 Å². The van der Waals surface area contributed by atoms with Gasteiger partial charge in [0.25, 0.3) is 0 Å². The molecule has 0 N–H and O–H groups in total. The molecule has 0 aliphatic heterocycles. The predicted molar refractivity (Wildman–Crippen MR) is 61.9 cm³/mol. The smallest absolute Gasteiger partial charge is 0.214 e. The maximum atomic E-state index is 5.70. The van der Waals surface area contributed by atoms with Crippen molar-refractivity contribution in [2.24, 2.45) is 0 Å². The monoisotopic (exact) mass is 210 g/mol. The minimum atomic E-state index is -0.160. The normalized spacial score (nSPS) is 12.9. The number of aryl methyl sites for hydroxylation is 2. The van der Waals surface area contributed by atoms with Crippen LogP contribution >= 0.6 is 0 Å². The van der Waals surface area contributed by atoms with Crippen molar-refractivity contribution in [3.05, 3.63) is 17.3 Å². The zero-order valence-electron chi connectivity index (χ0n) is 10.9. The molecule has 0 aliphatic carbocycles. The summed E-state index contributed by atoms with van der Waals surface area (Å²) >= 11 is 0. The van der Waals surface area contributed by atoms with Gasteiger partial charge in [0.15, 0.2) is 0 Å². The largest absolute Gasteiger partial charge is 0.444 e. The SMILES string of the molecule is Cc1nc(C(C)(C)N(C)C(C)C)oc1C. The third-order valence-electron chi connectivity index (χ3n) is 3.21. The number of rotatable bonds is 3. The van der Waals surface area contributed by atoms with E-state index < -0.39 is 0 Å². The van der Waals surface area contributed by atoms with Gasteiger partial charge in [0.2, 0.25) is 5.89 Å². The van der Waals surface area contributed by atoms with E-state index in [2.05, 4.69) is 44.6 Å². The molecule has 86 valence electrons. The van der Waals surface area contributed by atoms with Gasteiger partial charge in [0.05, 0.1) is 11.2 Å². The maximum absolute atomic E-state index is 5.70. The van der Waals surface area contributed by atoms with E-state index in [1.54, 1.807) is 0 Å². The Morgan fingerprint density at radius 3 is 2.13 bits per heavy atom. The molecule has 1 rings (SSSR count). The Bertz CT molecular complexity index is 320. The number of nitrogens with zero attached hydrogens (tertiary/aromatic N) is 2. The maximum Gasteiger partial charge on any atom is 0.214 e. The van der Waals surface area contributed by atoms with Crippen molar-refractivity contribution < 1.29 is 4.42 Å². The number of aromatic nitrogens is 1. The lowest BCUT2D eigenvalue weighted by Gasteiger charge is -2.35. The Hall–Kier alpha value is -0.830. The summed E-state index contributed by atoms with van der Waals surface area (Å²) in [6, 6.07) is 0.465. The van der Waals surface area contributed by atoms with Crippen LogP contribution in [0.4, 0.5) is 0 Å². The van der Waals surface area contributed by atoms with Crippen molar-refractivity contribution in [3.63, 3.8) is 0 Å². The lowest BCUT2D eigenvalue weighted by molar-refractivity contribution is 0.0893. The first kappa shape index (κ1) is 12.2. The van der Waals surface area contributed by atoms with Crippen LogP contribution in [0.5, 0.6) is 0 Å². The van der Waals surface area contributed by atoms with Crippen LogP contribution in [-0.2, 0) is 5.54 Å². The van der Waals surface area contributed by atoms with Crippen LogP contribution in [0.25, 0.3) is 0 Å². The molecular formula is C12H22N2O. The van der Waals surface area contributed by atoms with Crippen LogP contribution < -0.4 is 0 Å². The summed E-state index contributed by atoms with van der Waals surface area (Å²) < 4.78 is 5.70. The number of oxazole rings is 1. The van der Waals surface area contributed by atoms with Gasteiger partial charge in [-0.3, -0.25) is 4.90 Å². The summed E-state index contributed by atoms with van der Waals surface area (Å²) in [6.45, 7) is 12.6. The van der Waals surface area contributed by atoms with Crippen LogP contribution in [0.15, 0.2) is 4.42 Å². The topological polar surface area (TPSA) is 29.3 Å². The lowest BCUT2D eigenvalue weighted by atomic mass is 10.0. The standard InChI is InChI=1S/C12H22N2O/c1-8(2)14(7)12(5,6)11-13-9(3)10(4)15-11/h8H,1-7H3. The van der Waals surface area contributed by atoms with Crippen molar-refractivity contribution >= 4 is 0 Å². The molecule has 1 aromatic heterocycles. The second kappa shape index (κ2) is 3.97. The fourth-order valence-electron chi connectivity index (χ4n) is 1.53. The van der Waals surface area contributed by atoms with E-state index >= 15 is 0 Å². The highest BCUT2D eigenvalue weighted by atomic mass is 16.4. The fourth-order valence-corrected chi connectivity index (χ4v) is 1.53. The molecule has 0 atom stereocenters. The van der Waals surface area contributed by atoms with Gasteiger partial charge in [-0.15, -0.1) is 0 Å². The minimum Gasteiger partial charge on any atom is -0.444 e. The molecule has 0 amide bonds. The molecule has 0 aliphatic rings. The number of hydrogen-bond acceptors (Lipinski definition) is 3. The second-order valence-electron chi connectivity index (χ2n) is 4.92. The van der Waals surface area contributed by atoms with E-state index in [1.165, 1.54) is 0 Å². The molecule has 3 heteroatoms. The first-order valence-electron chi connectivity index (χ1n) is 5.44. The molecule has 0 radical (unpaired) electrons. The summed E-state index contributed by atoms with van der Waals surface area (Å²) in [5.74, 6) is 1.71. The summed E-state index contributed by atoms with van der Waals surface area (Å²) in [5.41, 5.74) is 0.822. The van der Waals surface area contributed by atoms with Gasteiger partial charge >= 0.3 is 0 Å². The highest BCUT2D eigenvalue weighted by Crippen LogP contribution is 2.28. The Morgan fingerprint density at radius 1 is 1.27 bits per heavy atom. The first-order valence-corrected chi connectivity index (χ1v) is 5.44. The molecule has 0 fully saturated rings. The van der Waals surface area contributed by atoms with E-state index in [1.807, 2.05) is 13.8 Å². The highest BCUT2D eigenvalue weighted by Gasteiger charge is 2.32. The first-order chi connectivity index (χ1) is 6.76. The molecular weight excluding hydrogens is 188 g/mol. The zero-order chi connectivity index (χ0) is 11.8. The molecule has 15 heavy (non-hydrogen) atoms. The molecule has 0 bridgehead atoms. The van der Waals surface area contributed by atoms with Crippen molar-refractivity contribution in [2.75, 3.05) is 7.05 Å². The highest BCUT2D eigenvalue weighted by molar-refractivity contribution is 5.10. The Kier molecular flexibility index (Phi) is 3.24. The van der Waals surface area contributed by atoms with E-state index in [0.717, 1.165) is 17.3 Å². The lowest BCUT2D eigenvalue weighted by Crippen LogP contribution is -2.43. The van der Waals surface area contributed by atoms with Crippen molar-refractivity contribution in [1.82, 2.24) is 9.88 Å². The van der Waals surface area contributed by atoms with Crippen molar-refractivity contribution in [2.45, 2.75) is 53.1 Å². The Balaban J connectivity index is 3.04. The molecule has 3 nitrogen and oxygen atoms in total. The average Bonchev–Trinajstić information content (AvgIpc) is 2.46. The molecule has 1 heterocycles. The van der Waals surface area contributed by atoms with Gasteiger partial charge < -0.3 is 4.42 Å². The fraction of sp³-hybridized carbons (Fsp3) is 0.750. The van der Waals surface area contributed by atoms with Gasteiger partial charge in [0.1, 0.15) is 5.76 Å². The average molecular weight is 210 g/mol. The summed E-state index contributed by atoms with van der Waals surface area (Å²) in [6.07, 6.45) is 0. The van der Waals surface area contributed by atoms with Gasteiger partial charge in [-0.25, -0.2) is 4.98 Å². The van der Waals surface area contributed by atoms with E-state index in [0.29, 0.717) is 6.04 Å². The van der Waals surface area contributed by atoms with E-state index in [9.17, 15) is 0 Å². The summed E-state index contributed by atoms with van der Waals surface area (Å²) in [5, 5.41) is 0. The zero-order valence-corrected chi connectivity index (χ0v) is 10.9. The predicted octanol–water partition coefficient (Wildman–Crippen LogP) is 2.87. The van der Waals surface area contributed by atoms with Crippen LogP contribution in [0, 0.1) is 13.8 Å². The van der Waals surface area contributed by atoms with Crippen molar-refractivity contribution in [3.8, 4) is 0 Å². The summed E-state index contributed by atoms with van der Waals surface area (Å²) in [7, 11) is 2.10. The van der Waals surface area contributed by atoms with E-state index in [-0.39, 0.29) is 5.54 Å². The molecule has 0 unspecified atom stereocenters. The number of hydrogen-bond donors (Lipinski definition) is 0. The Labute approximate surface area is 92.5 Å². The van der Waals surface area contributed by atoms with Crippen molar-refractivity contribution in [1.29, 1.82) is 0 Å². The Morgan fingerprint density at radius 2 is 1.80 bits per heavy atom. The van der Waals surface area contributed by atoms with Gasteiger partial charge in [-0.1, -0.05) is 0 Å². The quantitative estimate of drug-likeness (QED) is 0.768. The summed E-state index contributed by atoms with van der Waals surface area (Å²) in [4.78, 5) is 6.74. The molecule has 0 aromatic carbocycles. The molecule has 1 aromatic rings. The minimum absolute atomic E-state index is 0.160. The van der Waals surface area contributed by atoms with Gasteiger partial charge in [0, 0.05) is 6.04 Å². The third kappa shape index (κ3) is 2.23. The molecule has 0 saturated heterocycles.